The van der Waals surface area contributed by atoms with Gasteiger partial charge in [0.1, 0.15) is 25.1 Å². The van der Waals surface area contributed by atoms with Crippen LogP contribution in [0.2, 0.25) is 0 Å². The Balaban J connectivity index is 1.08. The number of benzene rings is 2. The first kappa shape index (κ1) is 35.7. The summed E-state index contributed by atoms with van der Waals surface area (Å²) in [5.41, 5.74) is -3.67. The van der Waals surface area contributed by atoms with Crippen molar-refractivity contribution in [3.05, 3.63) is 89.0 Å². The number of alkyl halides is 2. The zero-order valence-corrected chi connectivity index (χ0v) is 29.5. The van der Waals surface area contributed by atoms with Crippen molar-refractivity contribution in [2.75, 3.05) is 6.61 Å². The Hall–Kier alpha value is -3.73. The predicted octanol–water partition coefficient (Wildman–Crippen LogP) is 6.44. The van der Waals surface area contributed by atoms with Crippen LogP contribution in [0.1, 0.15) is 69.6 Å². The first-order valence-electron chi connectivity index (χ1n) is 18.0. The molecule has 8 nitrogen and oxygen atoms in total. The lowest BCUT2D eigenvalue weighted by atomic mass is 9.44. The minimum atomic E-state index is -2.28. The van der Waals surface area contributed by atoms with Crippen LogP contribution in [0.15, 0.2) is 72.3 Å². The molecule has 0 radical (unpaired) electrons. The van der Waals surface area contributed by atoms with Crippen molar-refractivity contribution < 1.29 is 47.2 Å². The number of ether oxygens (including phenoxy) is 4. The van der Waals surface area contributed by atoms with Crippen molar-refractivity contribution in [1.29, 1.82) is 0 Å². The number of ketones is 2. The van der Waals surface area contributed by atoms with Gasteiger partial charge in [0.25, 0.3) is 0 Å². The summed E-state index contributed by atoms with van der Waals surface area (Å²) in [6.45, 7) is 7.18. The summed E-state index contributed by atoms with van der Waals surface area (Å²) in [4.78, 5) is 39.2. The summed E-state index contributed by atoms with van der Waals surface area (Å²) < 4.78 is 58.0. The molecule has 0 unspecified atom stereocenters. The van der Waals surface area contributed by atoms with Crippen molar-refractivity contribution in [1.82, 2.24) is 0 Å². The zero-order valence-electron chi connectivity index (χ0n) is 29.5. The van der Waals surface area contributed by atoms with E-state index in [-0.39, 0.29) is 56.2 Å². The summed E-state index contributed by atoms with van der Waals surface area (Å²) in [5, 5.41) is 11.8. The molecule has 1 N–H and O–H groups in total. The van der Waals surface area contributed by atoms with Gasteiger partial charge in [-0.15, -0.1) is 0 Å². The molecule has 5 aliphatic rings. The molecular formula is C41H46F2O8. The summed E-state index contributed by atoms with van der Waals surface area (Å²) >= 11 is 0. The van der Waals surface area contributed by atoms with Gasteiger partial charge in [-0.3, -0.25) is 14.4 Å². The number of Topliss-reactive ketones (excluding diaryl/α,β-unsaturated/α-hetero) is 1. The predicted molar refractivity (Wildman–Crippen MR) is 183 cm³/mol. The van der Waals surface area contributed by atoms with Gasteiger partial charge in [0.05, 0.1) is 18.6 Å². The van der Waals surface area contributed by atoms with Gasteiger partial charge in [-0.05, 0) is 86.4 Å². The van der Waals surface area contributed by atoms with Crippen LogP contribution in [0.5, 0.6) is 5.75 Å². The third-order valence-corrected chi connectivity index (χ3v) is 12.5. The highest BCUT2D eigenvalue weighted by molar-refractivity contribution is 6.01. The molecule has 1 aliphatic heterocycles. The molecule has 0 bridgehead atoms. The van der Waals surface area contributed by atoms with Gasteiger partial charge in [0.2, 0.25) is 5.78 Å². The quantitative estimate of drug-likeness (QED) is 0.282. The summed E-state index contributed by atoms with van der Waals surface area (Å²) in [5.74, 6) is -2.29. The van der Waals surface area contributed by atoms with E-state index < -0.39 is 64.4 Å². The number of halogens is 2. The number of carbonyl (C=O) groups is 3. The third kappa shape index (κ3) is 5.60. The van der Waals surface area contributed by atoms with Crippen molar-refractivity contribution in [3.63, 3.8) is 0 Å². The van der Waals surface area contributed by atoms with E-state index >= 15 is 8.78 Å². The van der Waals surface area contributed by atoms with E-state index in [1.54, 1.807) is 31.2 Å². The number of rotatable bonds is 10. The highest BCUT2D eigenvalue weighted by atomic mass is 19.1. The Morgan fingerprint density at radius 3 is 2.43 bits per heavy atom. The van der Waals surface area contributed by atoms with E-state index in [0.717, 1.165) is 23.1 Å². The van der Waals surface area contributed by atoms with Crippen LogP contribution in [-0.4, -0.2) is 65.2 Å². The monoisotopic (exact) mass is 704 g/mol. The topological polar surface area (TPSA) is 108 Å². The van der Waals surface area contributed by atoms with Gasteiger partial charge in [-0.2, -0.15) is 0 Å². The number of carbonyl (C=O) groups excluding carboxylic acids is 3. The van der Waals surface area contributed by atoms with Crippen LogP contribution in [0.4, 0.5) is 8.78 Å². The molecule has 272 valence electrons. The first-order chi connectivity index (χ1) is 24.2. The second-order valence-corrected chi connectivity index (χ2v) is 15.5. The maximum atomic E-state index is 17.7. The molecule has 10 heteroatoms. The van der Waals surface area contributed by atoms with E-state index in [2.05, 4.69) is 0 Å². The molecule has 4 fully saturated rings. The Morgan fingerprint density at radius 1 is 1.02 bits per heavy atom. The van der Waals surface area contributed by atoms with E-state index in [0.29, 0.717) is 12.2 Å². The Kier molecular flexibility index (Phi) is 9.12. The SMILES string of the molecule is CCC[C@@H]1O[C@@H]2C[C@H]3[C@@H]4C[C@H](F)C5=CC(=O)C=C[C@]5(C)[C@@]4(F)[C@@H](O)C[C@]3(C)[C@]2(C(=O)COc2ccc(CC(=O)OCc3ccc(C)cc3)cc2)O1. The van der Waals surface area contributed by atoms with Crippen LogP contribution in [0.25, 0.3) is 0 Å². The molecule has 1 saturated heterocycles. The van der Waals surface area contributed by atoms with Crippen molar-refractivity contribution in [2.24, 2.45) is 22.7 Å². The van der Waals surface area contributed by atoms with Crippen LogP contribution < -0.4 is 4.74 Å². The van der Waals surface area contributed by atoms with Crippen LogP contribution in [-0.2, 0) is 41.6 Å². The third-order valence-electron chi connectivity index (χ3n) is 12.5. The van der Waals surface area contributed by atoms with Gasteiger partial charge in [-0.1, -0.05) is 68.3 Å². The van der Waals surface area contributed by atoms with Crippen molar-refractivity contribution >= 4 is 17.5 Å². The van der Waals surface area contributed by atoms with Gasteiger partial charge in [0, 0.05) is 16.7 Å². The van der Waals surface area contributed by atoms with Gasteiger partial charge >= 0.3 is 5.97 Å². The second kappa shape index (κ2) is 13.0. The van der Waals surface area contributed by atoms with Crippen LogP contribution in [0.3, 0.4) is 0 Å². The minimum absolute atomic E-state index is 0.0504. The van der Waals surface area contributed by atoms with Crippen LogP contribution in [0, 0.1) is 29.6 Å². The number of hydrogen-bond donors (Lipinski definition) is 1. The molecule has 1 heterocycles. The fraction of sp³-hybridized carbons (Fsp3) is 0.537. The molecule has 0 aromatic heterocycles. The largest absolute Gasteiger partial charge is 0.486 e. The number of hydrogen-bond acceptors (Lipinski definition) is 8. The zero-order chi connectivity index (χ0) is 36.3. The molecule has 4 aliphatic carbocycles. The van der Waals surface area contributed by atoms with Crippen molar-refractivity contribution in [2.45, 2.75) is 109 Å². The molecule has 2 aromatic rings. The molecule has 51 heavy (non-hydrogen) atoms. The number of allylic oxidation sites excluding steroid dienone is 4. The van der Waals surface area contributed by atoms with E-state index in [1.165, 1.54) is 18.2 Å². The standard InChI is InChI=1S/C41H46F2O8/c1-5-6-37-50-35-20-29-30-19-32(42)31-18-27(44)15-16-38(31,3)40(30,43)33(45)21-39(29,4)41(35,51-37)34(46)23-48-28-13-11-25(12-14-28)17-36(47)49-22-26-9-7-24(2)8-10-26/h7-16,18,29-30,32-33,35,37,45H,5-6,17,19-23H2,1-4H3/t29-,30-,32-,33-,35+,37+,38-,39-,40-,41+/m0/s1. The Bertz CT molecular complexity index is 1760. The summed E-state index contributed by atoms with van der Waals surface area (Å²) in [6, 6.07) is 14.6. The van der Waals surface area contributed by atoms with E-state index in [9.17, 15) is 19.5 Å². The maximum Gasteiger partial charge on any atom is 0.310 e. The highest BCUT2D eigenvalue weighted by Crippen LogP contribution is 2.72. The number of aliphatic hydroxyl groups is 1. The average molecular weight is 705 g/mol. The maximum absolute atomic E-state index is 17.7. The lowest BCUT2D eigenvalue weighted by molar-refractivity contribution is -0.234. The fourth-order valence-corrected chi connectivity index (χ4v) is 9.91. The molecule has 2 aromatic carbocycles. The summed E-state index contributed by atoms with van der Waals surface area (Å²) in [7, 11) is 0. The first-order valence-corrected chi connectivity index (χ1v) is 18.0. The van der Waals surface area contributed by atoms with Gasteiger partial charge < -0.3 is 24.1 Å². The van der Waals surface area contributed by atoms with E-state index in [1.807, 2.05) is 45.0 Å². The normalized spacial score (nSPS) is 37.9. The number of esters is 1. The van der Waals surface area contributed by atoms with E-state index in [4.69, 9.17) is 18.9 Å². The Labute approximate surface area is 297 Å². The molecule has 3 saturated carbocycles. The Morgan fingerprint density at radius 2 is 1.73 bits per heavy atom. The fourth-order valence-electron chi connectivity index (χ4n) is 9.91. The van der Waals surface area contributed by atoms with Crippen LogP contribution >= 0.6 is 0 Å². The molecule has 0 amide bonds. The number of aliphatic hydroxyl groups excluding tert-OH is 1. The summed E-state index contributed by atoms with van der Waals surface area (Å²) in [6.07, 6.45) is 0.514. The van der Waals surface area contributed by atoms with Crippen molar-refractivity contribution in [3.8, 4) is 5.75 Å². The highest BCUT2D eigenvalue weighted by Gasteiger charge is 2.80. The van der Waals surface area contributed by atoms with Gasteiger partial charge in [0.15, 0.2) is 23.3 Å². The molecule has 10 atom stereocenters. The molecule has 7 rings (SSSR count). The minimum Gasteiger partial charge on any atom is -0.486 e. The second-order valence-electron chi connectivity index (χ2n) is 15.5. The lowest BCUT2D eigenvalue weighted by Crippen LogP contribution is -2.71. The smallest absolute Gasteiger partial charge is 0.310 e. The van der Waals surface area contributed by atoms with Gasteiger partial charge in [-0.25, -0.2) is 8.78 Å². The lowest BCUT2D eigenvalue weighted by Gasteiger charge is -2.63. The number of aryl methyl sites for hydroxylation is 1. The number of fused-ring (bicyclic) bond motifs is 7. The molecular weight excluding hydrogens is 658 g/mol. The molecule has 0 spiro atoms. The average Bonchev–Trinajstić information content (AvgIpc) is 3.58.